The molecule has 0 saturated carbocycles. The molecule has 0 radical (unpaired) electrons. The largest absolute Gasteiger partial charge is 0.507 e. The van der Waals surface area contributed by atoms with Crippen molar-refractivity contribution in [3.63, 3.8) is 0 Å². The number of hydrogen-bond acceptors (Lipinski definition) is 6. The third-order valence-electron chi connectivity index (χ3n) is 5.55. The fourth-order valence-corrected chi connectivity index (χ4v) is 3.58. The molecule has 0 atom stereocenters. The van der Waals surface area contributed by atoms with Crippen LogP contribution in [0.15, 0.2) is 36.4 Å². The number of carbonyl (C=O) groups excluding carboxylic acids is 2. The van der Waals surface area contributed by atoms with Crippen molar-refractivity contribution in [3.05, 3.63) is 58.7 Å². The number of esters is 1. The molecule has 0 aliphatic carbocycles. The van der Waals surface area contributed by atoms with Crippen molar-refractivity contribution in [3.8, 4) is 17.2 Å². The van der Waals surface area contributed by atoms with Crippen LogP contribution in [0.25, 0.3) is 6.08 Å². The lowest BCUT2D eigenvalue weighted by atomic mass is 9.78. The Balaban J connectivity index is 2.34. The van der Waals surface area contributed by atoms with Crippen molar-refractivity contribution >= 4 is 17.8 Å². The molecule has 2 rings (SSSR count). The number of rotatable bonds is 7. The van der Waals surface area contributed by atoms with E-state index >= 15 is 0 Å². The van der Waals surface area contributed by atoms with Crippen LogP contribution in [-0.4, -0.2) is 34.2 Å². The molecule has 2 aromatic rings. The molecule has 0 unspecified atom stereocenters. The number of phenols is 2. The summed E-state index contributed by atoms with van der Waals surface area (Å²) in [6, 6.07) is 8.04. The van der Waals surface area contributed by atoms with E-state index < -0.39 is 11.6 Å². The zero-order chi connectivity index (χ0) is 26.8. The van der Waals surface area contributed by atoms with Gasteiger partial charge in [0, 0.05) is 17.2 Å². The molecule has 0 amide bonds. The Morgan fingerprint density at radius 2 is 1.43 bits per heavy atom. The first-order valence-corrected chi connectivity index (χ1v) is 11.8. The van der Waals surface area contributed by atoms with Crippen LogP contribution in [0.4, 0.5) is 0 Å². The Morgan fingerprint density at radius 3 is 1.89 bits per heavy atom. The fraction of sp³-hybridized carbons (Fsp3) is 0.448. The lowest BCUT2D eigenvalue weighted by Crippen LogP contribution is -2.39. The van der Waals surface area contributed by atoms with Gasteiger partial charge in [-0.1, -0.05) is 47.6 Å². The van der Waals surface area contributed by atoms with Crippen LogP contribution < -0.4 is 4.74 Å². The van der Waals surface area contributed by atoms with E-state index in [2.05, 4.69) is 0 Å². The summed E-state index contributed by atoms with van der Waals surface area (Å²) >= 11 is 0. The molecule has 0 aliphatic heterocycles. The fourth-order valence-electron chi connectivity index (χ4n) is 3.58. The van der Waals surface area contributed by atoms with Gasteiger partial charge >= 0.3 is 5.97 Å². The molecule has 6 nitrogen and oxygen atoms in total. The van der Waals surface area contributed by atoms with Crippen molar-refractivity contribution < 1.29 is 29.3 Å². The molecule has 0 fully saturated rings. The minimum Gasteiger partial charge on any atom is -0.507 e. The maximum atomic E-state index is 12.8. The van der Waals surface area contributed by atoms with Gasteiger partial charge in [-0.15, -0.1) is 0 Å². The first kappa shape index (κ1) is 28.0. The number of ether oxygens (including phenoxy) is 2. The van der Waals surface area contributed by atoms with Crippen molar-refractivity contribution in [1.29, 1.82) is 0 Å². The van der Waals surface area contributed by atoms with E-state index in [0.29, 0.717) is 0 Å². The third-order valence-corrected chi connectivity index (χ3v) is 5.55. The van der Waals surface area contributed by atoms with Crippen molar-refractivity contribution in [2.75, 3.05) is 6.61 Å². The number of benzene rings is 2. The molecule has 0 heterocycles. The van der Waals surface area contributed by atoms with Crippen LogP contribution in [0, 0.1) is 0 Å². The van der Waals surface area contributed by atoms with Crippen molar-refractivity contribution in [2.24, 2.45) is 0 Å². The molecule has 0 aliphatic rings. The van der Waals surface area contributed by atoms with E-state index in [9.17, 15) is 19.8 Å². The summed E-state index contributed by atoms with van der Waals surface area (Å²) < 4.78 is 10.7. The van der Waals surface area contributed by atoms with Crippen LogP contribution in [0.2, 0.25) is 0 Å². The molecule has 6 heteroatoms. The second-order valence-electron chi connectivity index (χ2n) is 11.2. The Bertz CT molecular complexity index is 1090. The van der Waals surface area contributed by atoms with E-state index in [1.807, 2.05) is 53.7 Å². The average molecular weight is 483 g/mol. The number of phenolic OH excluding ortho intramolecular Hbond substituents is 2. The lowest BCUT2D eigenvalue weighted by molar-refractivity contribution is -0.158. The SMILES string of the molecule is CCOC(=O)C(C)(C)Oc1ccc(C(=O)/C=C/c2cc(C(C)(C)C)c(O)c(C(C)(C)C)c2)c(O)c1. The molecule has 2 N–H and O–H groups in total. The number of hydrogen-bond donors (Lipinski definition) is 2. The van der Waals surface area contributed by atoms with Gasteiger partial charge in [0.1, 0.15) is 17.2 Å². The Kier molecular flexibility index (Phi) is 8.10. The van der Waals surface area contributed by atoms with Gasteiger partial charge in [-0.25, -0.2) is 4.79 Å². The van der Waals surface area contributed by atoms with Gasteiger partial charge in [0.25, 0.3) is 0 Å². The standard InChI is InChI=1S/C29H38O6/c1-10-34-26(33)29(8,9)35-19-12-13-20(24(31)17-19)23(30)14-11-18-15-21(27(2,3)4)25(32)22(16-18)28(5,6)7/h11-17,31-32H,10H2,1-9H3/b14-11+. The molecule has 0 saturated heterocycles. The molecule has 0 bridgehead atoms. The van der Waals surface area contributed by atoms with Gasteiger partial charge in [0.05, 0.1) is 12.2 Å². The maximum absolute atomic E-state index is 12.8. The van der Waals surface area contributed by atoms with Crippen LogP contribution in [0.3, 0.4) is 0 Å². The highest BCUT2D eigenvalue weighted by molar-refractivity contribution is 6.08. The molecular formula is C29H38O6. The molecular weight excluding hydrogens is 444 g/mol. The van der Waals surface area contributed by atoms with Crippen LogP contribution in [0.1, 0.15) is 89.4 Å². The number of carbonyl (C=O) groups is 2. The highest BCUT2D eigenvalue weighted by Crippen LogP contribution is 2.40. The van der Waals surface area contributed by atoms with Gasteiger partial charge in [0.15, 0.2) is 11.4 Å². The zero-order valence-electron chi connectivity index (χ0n) is 22.3. The van der Waals surface area contributed by atoms with Gasteiger partial charge in [0.2, 0.25) is 0 Å². The zero-order valence-corrected chi connectivity index (χ0v) is 22.3. The van der Waals surface area contributed by atoms with E-state index in [4.69, 9.17) is 9.47 Å². The van der Waals surface area contributed by atoms with Crippen molar-refractivity contribution in [2.45, 2.75) is 78.7 Å². The van der Waals surface area contributed by atoms with E-state index in [0.717, 1.165) is 16.7 Å². The quantitative estimate of drug-likeness (QED) is 0.273. The van der Waals surface area contributed by atoms with E-state index in [1.54, 1.807) is 26.8 Å². The highest BCUT2D eigenvalue weighted by Gasteiger charge is 2.32. The minimum absolute atomic E-state index is 0.105. The number of allylic oxidation sites excluding steroid dienone is 1. The summed E-state index contributed by atoms with van der Waals surface area (Å²) in [7, 11) is 0. The summed E-state index contributed by atoms with van der Waals surface area (Å²) in [6.07, 6.45) is 3.07. The Labute approximate surface area is 208 Å². The monoisotopic (exact) mass is 482 g/mol. The van der Waals surface area contributed by atoms with Gasteiger partial charge in [-0.3, -0.25) is 4.79 Å². The predicted octanol–water partition coefficient (Wildman–Crippen LogP) is 6.31. The highest BCUT2D eigenvalue weighted by atomic mass is 16.6. The Hall–Kier alpha value is -3.28. The van der Waals surface area contributed by atoms with E-state index in [1.165, 1.54) is 24.3 Å². The normalized spacial score (nSPS) is 12.6. The number of ketones is 1. The first-order valence-electron chi connectivity index (χ1n) is 11.8. The molecule has 190 valence electrons. The second kappa shape index (κ2) is 10.1. The van der Waals surface area contributed by atoms with Crippen LogP contribution in [-0.2, 0) is 20.4 Å². The summed E-state index contributed by atoms with van der Waals surface area (Å²) in [4.78, 5) is 24.9. The second-order valence-corrected chi connectivity index (χ2v) is 11.2. The minimum atomic E-state index is -1.25. The lowest BCUT2D eigenvalue weighted by Gasteiger charge is -2.27. The summed E-state index contributed by atoms with van der Waals surface area (Å²) in [5.74, 6) is -0.660. The topological polar surface area (TPSA) is 93.1 Å². The first-order chi connectivity index (χ1) is 16.0. The summed E-state index contributed by atoms with van der Waals surface area (Å²) in [6.45, 7) is 17.2. The van der Waals surface area contributed by atoms with Gasteiger partial charge in [-0.05, 0) is 67.5 Å². The summed E-state index contributed by atoms with van der Waals surface area (Å²) in [5, 5.41) is 21.3. The molecule has 35 heavy (non-hydrogen) atoms. The van der Waals surface area contributed by atoms with Gasteiger partial charge < -0.3 is 19.7 Å². The smallest absolute Gasteiger partial charge is 0.349 e. The van der Waals surface area contributed by atoms with Crippen LogP contribution >= 0.6 is 0 Å². The predicted molar refractivity (Wildman–Crippen MR) is 138 cm³/mol. The average Bonchev–Trinajstić information content (AvgIpc) is 2.71. The van der Waals surface area contributed by atoms with E-state index in [-0.39, 0.29) is 46.0 Å². The maximum Gasteiger partial charge on any atom is 0.349 e. The van der Waals surface area contributed by atoms with Crippen molar-refractivity contribution in [1.82, 2.24) is 0 Å². The summed E-state index contributed by atoms with van der Waals surface area (Å²) in [5.41, 5.74) is 0.654. The Morgan fingerprint density at radius 1 is 0.886 bits per heavy atom. The molecule has 0 spiro atoms. The van der Waals surface area contributed by atoms with Gasteiger partial charge in [-0.2, -0.15) is 0 Å². The molecule has 0 aromatic heterocycles. The van der Waals surface area contributed by atoms with Crippen LogP contribution in [0.5, 0.6) is 17.2 Å². The number of aromatic hydroxyl groups is 2. The molecule has 2 aromatic carbocycles. The third kappa shape index (κ3) is 6.87.